The highest BCUT2D eigenvalue weighted by Crippen LogP contribution is 2.17. The number of anilines is 4. The number of halogens is 1. The van der Waals surface area contributed by atoms with Crippen LogP contribution >= 0.6 is 11.6 Å². The number of amides is 2. The van der Waals surface area contributed by atoms with Crippen molar-refractivity contribution in [1.29, 1.82) is 0 Å². The maximum atomic E-state index is 12.3. The summed E-state index contributed by atoms with van der Waals surface area (Å²) in [7, 11) is 0. The molecule has 0 saturated carbocycles. The van der Waals surface area contributed by atoms with E-state index in [0.717, 1.165) is 24.8 Å². The lowest BCUT2D eigenvalue weighted by molar-refractivity contribution is -0.347. The Morgan fingerprint density at radius 1 is 1.02 bits per heavy atom. The average molecular weight is 569 g/mol. The van der Waals surface area contributed by atoms with Crippen molar-refractivity contribution in [3.8, 4) is 5.75 Å². The number of benzene rings is 1. The highest BCUT2D eigenvalue weighted by atomic mass is 35.5. The molecule has 0 aliphatic carbocycles. The van der Waals surface area contributed by atoms with Crippen LogP contribution in [0.3, 0.4) is 0 Å². The number of nitrogen functional groups attached to an aromatic ring is 3. The summed E-state index contributed by atoms with van der Waals surface area (Å²) in [6.45, 7) is 0.175. The van der Waals surface area contributed by atoms with Crippen LogP contribution in [0.5, 0.6) is 5.75 Å². The molecule has 16 nitrogen and oxygen atoms in total. The number of rotatable bonds is 10. The van der Waals surface area contributed by atoms with Crippen molar-refractivity contribution in [2.75, 3.05) is 35.7 Å². The van der Waals surface area contributed by atoms with Gasteiger partial charge in [0.05, 0.1) is 0 Å². The zero-order valence-electron chi connectivity index (χ0n) is 21.1. The van der Waals surface area contributed by atoms with Crippen molar-refractivity contribution >= 4 is 63.9 Å². The van der Waals surface area contributed by atoms with Crippen molar-refractivity contribution in [1.82, 2.24) is 30.2 Å². The number of aromatic amines is 2. The molecule has 4 rings (SSSR count). The highest BCUT2D eigenvalue weighted by molar-refractivity contribution is 6.31. The van der Waals surface area contributed by atoms with Crippen LogP contribution in [0.2, 0.25) is 5.15 Å². The largest absolute Gasteiger partial charge is 0.484 e. The topological polar surface area (TPSA) is 265 Å². The molecule has 0 saturated heterocycles. The zero-order valence-corrected chi connectivity index (χ0v) is 21.8. The molecule has 0 atom stereocenters. The molecule has 40 heavy (non-hydrogen) atoms. The van der Waals surface area contributed by atoms with Gasteiger partial charge in [0.15, 0.2) is 47.2 Å². The second kappa shape index (κ2) is 12.5. The van der Waals surface area contributed by atoms with E-state index in [0.29, 0.717) is 23.5 Å². The number of imidazole rings is 1. The number of nitrogens with one attached hydrogen (secondary N) is 4. The van der Waals surface area contributed by atoms with Gasteiger partial charge in [0.1, 0.15) is 5.75 Å². The van der Waals surface area contributed by atoms with Crippen molar-refractivity contribution < 1.29 is 19.3 Å². The Hall–Kier alpha value is -5.25. The fourth-order valence-electron chi connectivity index (χ4n) is 3.48. The van der Waals surface area contributed by atoms with Gasteiger partial charge in [0.2, 0.25) is 5.52 Å². The Balaban J connectivity index is 1.16. The van der Waals surface area contributed by atoms with Gasteiger partial charge in [-0.1, -0.05) is 28.7 Å². The Labute approximate surface area is 232 Å². The summed E-state index contributed by atoms with van der Waals surface area (Å²) in [5.41, 5.74) is 24.7. The quantitative estimate of drug-likeness (QED) is 0.0762. The molecular formula is C23H27ClN13O3+. The van der Waals surface area contributed by atoms with E-state index < -0.39 is 11.8 Å². The maximum Gasteiger partial charge on any atom is 0.309 e. The van der Waals surface area contributed by atoms with E-state index >= 15 is 0 Å². The van der Waals surface area contributed by atoms with E-state index in [2.05, 4.69) is 45.5 Å². The minimum atomic E-state index is -0.692. The van der Waals surface area contributed by atoms with E-state index in [9.17, 15) is 9.59 Å². The standard InChI is InChI=1S/C23H26ClN13O3/c24-16-19(27)34-18(26)15(33-16)21(39)37-22(28)29-8-2-1-3-11-4-6-12(7-5-11)40-9-13(38)32-23-35-17(25)14-20(36-23)31-10-30-14/h4-7,10H,1-3,8-9H2,(H4,26,27,34)(H3,28,29,37,39)(H4,25,30,31,32,35,36,38)/p+1. The molecule has 3 aromatic heterocycles. The molecule has 0 radical (unpaired) electrons. The summed E-state index contributed by atoms with van der Waals surface area (Å²) in [5.74, 6) is -0.629. The first-order chi connectivity index (χ1) is 19.2. The third-order valence-electron chi connectivity index (χ3n) is 5.42. The molecule has 0 bridgehead atoms. The third kappa shape index (κ3) is 7.19. The number of unbranched alkanes of at least 4 members (excludes halogenated alkanes) is 1. The Bertz CT molecular complexity index is 1560. The van der Waals surface area contributed by atoms with Gasteiger partial charge in [-0.25, -0.2) is 15.0 Å². The molecule has 0 fully saturated rings. The van der Waals surface area contributed by atoms with Crippen LogP contribution in [-0.2, 0) is 11.2 Å². The minimum absolute atomic E-state index is 0.0731. The zero-order chi connectivity index (χ0) is 28.6. The van der Waals surface area contributed by atoms with Gasteiger partial charge >= 0.3 is 11.6 Å². The summed E-state index contributed by atoms with van der Waals surface area (Å²) < 4.78 is 5.54. The predicted molar refractivity (Wildman–Crippen MR) is 148 cm³/mol. The van der Waals surface area contributed by atoms with Crippen molar-refractivity contribution in [3.63, 3.8) is 0 Å². The van der Waals surface area contributed by atoms with Crippen molar-refractivity contribution in [2.24, 2.45) is 10.7 Å². The number of guanidine groups is 1. The molecule has 0 spiro atoms. The van der Waals surface area contributed by atoms with E-state index in [1.54, 1.807) is 18.5 Å². The lowest BCUT2D eigenvalue weighted by atomic mass is 10.1. The normalized spacial score (nSPS) is 11.4. The molecule has 0 aliphatic rings. The van der Waals surface area contributed by atoms with Crippen molar-refractivity contribution in [3.05, 3.63) is 47.0 Å². The van der Waals surface area contributed by atoms with Gasteiger partial charge in [-0.3, -0.25) is 30.2 Å². The molecule has 3 heterocycles. The SMILES string of the molecule is NC(=NCCCCc1ccc(OCC(=O)Nc2nc(N)c3[nH]c[nH+]c3n2)cc1)NC(=O)c1nc(Cl)c(N)nc1N. The maximum absolute atomic E-state index is 12.3. The summed E-state index contributed by atoms with van der Waals surface area (Å²) in [6, 6.07) is 7.38. The molecular weight excluding hydrogens is 542 g/mol. The number of carbonyl (C=O) groups is 2. The molecule has 12 N–H and O–H groups in total. The lowest BCUT2D eigenvalue weighted by Gasteiger charge is -2.08. The van der Waals surface area contributed by atoms with Crippen LogP contribution in [0.4, 0.5) is 23.4 Å². The second-order valence-corrected chi connectivity index (χ2v) is 8.74. The summed E-state index contributed by atoms with van der Waals surface area (Å²) in [6.07, 6.45) is 3.90. The number of hydrogen-bond donors (Lipinski definition) is 7. The molecule has 2 amide bonds. The van der Waals surface area contributed by atoms with Crippen LogP contribution in [0, 0.1) is 0 Å². The number of aromatic nitrogens is 6. The fourth-order valence-corrected chi connectivity index (χ4v) is 3.61. The van der Waals surface area contributed by atoms with Crippen LogP contribution in [0.1, 0.15) is 28.9 Å². The number of hydrogen-bond acceptors (Lipinski definition) is 11. The average Bonchev–Trinajstić information content (AvgIpc) is 3.39. The number of nitrogens with two attached hydrogens (primary N) is 4. The van der Waals surface area contributed by atoms with Crippen LogP contribution < -0.4 is 43.3 Å². The molecule has 0 aliphatic heterocycles. The monoisotopic (exact) mass is 568 g/mol. The Morgan fingerprint density at radius 2 is 1.80 bits per heavy atom. The van der Waals surface area contributed by atoms with Gasteiger partial charge in [0.25, 0.3) is 11.8 Å². The number of aryl methyl sites for hydroxylation is 1. The van der Waals surface area contributed by atoms with E-state index in [4.69, 9.17) is 39.3 Å². The van der Waals surface area contributed by atoms with Crippen molar-refractivity contribution in [2.45, 2.75) is 19.3 Å². The Morgan fingerprint density at radius 3 is 2.58 bits per heavy atom. The third-order valence-corrected chi connectivity index (χ3v) is 5.70. The minimum Gasteiger partial charge on any atom is -0.484 e. The lowest BCUT2D eigenvalue weighted by Crippen LogP contribution is -2.38. The number of H-pyrrole nitrogens is 2. The van der Waals surface area contributed by atoms with Crippen LogP contribution in [0.25, 0.3) is 11.2 Å². The number of nitrogens with zero attached hydrogens (tertiary/aromatic N) is 5. The van der Waals surface area contributed by atoms with E-state index in [-0.39, 0.29) is 46.8 Å². The summed E-state index contributed by atoms with van der Waals surface area (Å²) in [4.78, 5) is 50.1. The van der Waals surface area contributed by atoms with Gasteiger partial charge in [-0.2, -0.15) is 4.98 Å². The molecule has 17 heteroatoms. The molecule has 4 aromatic rings. The van der Waals surface area contributed by atoms with Gasteiger partial charge in [-0.15, -0.1) is 0 Å². The first-order valence-corrected chi connectivity index (χ1v) is 12.3. The smallest absolute Gasteiger partial charge is 0.309 e. The van der Waals surface area contributed by atoms with E-state index in [1.165, 1.54) is 0 Å². The fraction of sp³-hybridized carbons (Fsp3) is 0.217. The number of fused-ring (bicyclic) bond motifs is 1. The molecule has 1 aromatic carbocycles. The highest BCUT2D eigenvalue weighted by Gasteiger charge is 2.17. The van der Waals surface area contributed by atoms with E-state index in [1.807, 2.05) is 12.1 Å². The van der Waals surface area contributed by atoms with Gasteiger partial charge < -0.3 is 27.7 Å². The second-order valence-electron chi connectivity index (χ2n) is 8.38. The summed E-state index contributed by atoms with van der Waals surface area (Å²) in [5, 5.41) is 4.81. The Kier molecular flexibility index (Phi) is 8.70. The first-order valence-electron chi connectivity index (χ1n) is 11.9. The first kappa shape index (κ1) is 27.8. The van der Waals surface area contributed by atoms with Crippen LogP contribution in [0.15, 0.2) is 35.6 Å². The van der Waals surface area contributed by atoms with Gasteiger partial charge in [-0.05, 0) is 37.0 Å². The summed E-state index contributed by atoms with van der Waals surface area (Å²) >= 11 is 5.79. The van der Waals surface area contributed by atoms with Crippen LogP contribution in [-0.4, -0.2) is 55.8 Å². The van der Waals surface area contributed by atoms with Gasteiger partial charge in [0, 0.05) is 6.54 Å². The molecule has 0 unspecified atom stereocenters. The number of aliphatic imine (C=N–C) groups is 1. The molecule has 208 valence electrons. The number of ether oxygens (including phenoxy) is 1. The predicted octanol–water partition coefficient (Wildman–Crippen LogP) is 0.0469. The number of carbonyl (C=O) groups excluding carboxylic acids is 2.